The lowest BCUT2D eigenvalue weighted by Gasteiger charge is -2.03. The Morgan fingerprint density at radius 2 is 1.81 bits per heavy atom. The lowest BCUT2D eigenvalue weighted by molar-refractivity contribution is 1.11. The minimum Gasteiger partial charge on any atom is -0.304 e. The van der Waals surface area contributed by atoms with Gasteiger partial charge in [-0.25, -0.2) is 4.98 Å². The van der Waals surface area contributed by atoms with E-state index in [1.54, 1.807) is 12.4 Å². The molecule has 3 rings (SSSR count). The first-order valence-electron chi connectivity index (χ1n) is 5.19. The van der Waals surface area contributed by atoms with E-state index in [9.17, 15) is 0 Å². The molecule has 3 aromatic heterocycles. The Morgan fingerprint density at radius 1 is 1.00 bits per heavy atom. The number of aryl methyl sites for hydroxylation is 1. The highest BCUT2D eigenvalue weighted by Crippen LogP contribution is 2.19. The third-order valence-corrected chi connectivity index (χ3v) is 2.70. The highest BCUT2D eigenvalue weighted by Gasteiger charge is 2.01. The summed E-state index contributed by atoms with van der Waals surface area (Å²) >= 11 is 0. The number of aromatic nitrogens is 3. The molecule has 0 fully saturated rings. The summed E-state index contributed by atoms with van der Waals surface area (Å²) in [5, 5.41) is 0. The molecule has 0 aliphatic heterocycles. The van der Waals surface area contributed by atoms with Crippen molar-refractivity contribution in [1.82, 2.24) is 14.4 Å². The molecule has 0 amide bonds. The second-order valence-corrected chi connectivity index (χ2v) is 3.78. The van der Waals surface area contributed by atoms with Gasteiger partial charge in [0.25, 0.3) is 0 Å². The van der Waals surface area contributed by atoms with Crippen LogP contribution in [-0.2, 0) is 0 Å². The molecule has 3 aromatic rings. The Hall–Kier alpha value is -2.16. The molecule has 0 saturated heterocycles. The fourth-order valence-electron chi connectivity index (χ4n) is 1.82. The van der Waals surface area contributed by atoms with E-state index in [2.05, 4.69) is 33.6 Å². The first kappa shape index (κ1) is 9.09. The Morgan fingerprint density at radius 3 is 2.62 bits per heavy atom. The van der Waals surface area contributed by atoms with Crippen LogP contribution >= 0.6 is 0 Å². The lowest BCUT2D eigenvalue weighted by atomic mass is 10.1. The van der Waals surface area contributed by atoms with Crippen molar-refractivity contribution in [3.05, 3.63) is 54.7 Å². The van der Waals surface area contributed by atoms with Gasteiger partial charge in [0.1, 0.15) is 5.65 Å². The van der Waals surface area contributed by atoms with Crippen molar-refractivity contribution in [2.24, 2.45) is 0 Å². The third-order valence-electron chi connectivity index (χ3n) is 2.70. The molecule has 0 spiro atoms. The van der Waals surface area contributed by atoms with Gasteiger partial charge in [-0.1, -0.05) is 0 Å². The van der Waals surface area contributed by atoms with Crippen molar-refractivity contribution in [3.8, 4) is 11.1 Å². The van der Waals surface area contributed by atoms with Gasteiger partial charge < -0.3 is 4.40 Å². The SMILES string of the molecule is Cc1cnc2ccc(-c3ccncc3)cn12. The minimum atomic E-state index is 0.982. The fraction of sp³-hybridized carbons (Fsp3) is 0.0769. The van der Waals surface area contributed by atoms with Crippen LogP contribution < -0.4 is 0 Å². The van der Waals surface area contributed by atoms with E-state index in [0.717, 1.165) is 11.3 Å². The van der Waals surface area contributed by atoms with E-state index in [1.165, 1.54) is 11.1 Å². The van der Waals surface area contributed by atoms with Crippen molar-refractivity contribution in [2.75, 3.05) is 0 Å². The summed E-state index contributed by atoms with van der Waals surface area (Å²) in [6, 6.07) is 8.13. The number of fused-ring (bicyclic) bond motifs is 1. The van der Waals surface area contributed by atoms with Crippen molar-refractivity contribution in [3.63, 3.8) is 0 Å². The number of hydrogen-bond donors (Lipinski definition) is 0. The molecule has 0 unspecified atom stereocenters. The Balaban J connectivity index is 2.22. The van der Waals surface area contributed by atoms with Crippen molar-refractivity contribution >= 4 is 5.65 Å². The molecule has 0 bridgehead atoms. The normalized spacial score (nSPS) is 10.8. The van der Waals surface area contributed by atoms with E-state index in [1.807, 2.05) is 24.4 Å². The molecule has 0 radical (unpaired) electrons. The van der Waals surface area contributed by atoms with Crippen LogP contribution in [0.4, 0.5) is 0 Å². The molecule has 0 atom stereocenters. The van der Waals surface area contributed by atoms with Crippen LogP contribution in [-0.4, -0.2) is 14.4 Å². The summed E-state index contributed by atoms with van der Waals surface area (Å²) in [6.07, 6.45) is 7.60. The number of imidazole rings is 1. The molecule has 3 heteroatoms. The van der Waals surface area contributed by atoms with Gasteiger partial charge in [-0.2, -0.15) is 0 Å². The molecule has 3 nitrogen and oxygen atoms in total. The highest BCUT2D eigenvalue weighted by atomic mass is 15.0. The van der Waals surface area contributed by atoms with Crippen LogP contribution in [0.15, 0.2) is 49.1 Å². The van der Waals surface area contributed by atoms with E-state index in [4.69, 9.17) is 0 Å². The first-order valence-corrected chi connectivity index (χ1v) is 5.19. The molecule has 16 heavy (non-hydrogen) atoms. The molecule has 0 aliphatic rings. The molecular weight excluding hydrogens is 198 g/mol. The largest absolute Gasteiger partial charge is 0.304 e. The Bertz CT molecular complexity index is 626. The zero-order valence-corrected chi connectivity index (χ0v) is 8.96. The van der Waals surface area contributed by atoms with E-state index < -0.39 is 0 Å². The standard InChI is InChI=1S/C13H11N3/c1-10-8-15-13-3-2-12(9-16(10)13)11-4-6-14-7-5-11/h2-9H,1H3. The monoisotopic (exact) mass is 209 g/mol. The minimum absolute atomic E-state index is 0.982. The van der Waals surface area contributed by atoms with Gasteiger partial charge in [0.2, 0.25) is 0 Å². The second-order valence-electron chi connectivity index (χ2n) is 3.78. The van der Waals surface area contributed by atoms with Crippen LogP contribution in [0, 0.1) is 6.92 Å². The van der Waals surface area contributed by atoms with Gasteiger partial charge in [0.15, 0.2) is 0 Å². The lowest BCUT2D eigenvalue weighted by Crippen LogP contribution is -1.88. The predicted molar refractivity (Wildman–Crippen MR) is 63.2 cm³/mol. The quantitative estimate of drug-likeness (QED) is 0.616. The van der Waals surface area contributed by atoms with Gasteiger partial charge in [-0.3, -0.25) is 4.98 Å². The van der Waals surface area contributed by atoms with Crippen LogP contribution in [0.25, 0.3) is 16.8 Å². The summed E-state index contributed by atoms with van der Waals surface area (Å²) in [6.45, 7) is 2.05. The van der Waals surface area contributed by atoms with E-state index >= 15 is 0 Å². The molecule has 0 aliphatic carbocycles. The smallest absolute Gasteiger partial charge is 0.136 e. The summed E-state index contributed by atoms with van der Waals surface area (Å²) < 4.78 is 2.09. The van der Waals surface area contributed by atoms with Crippen LogP contribution in [0.5, 0.6) is 0 Å². The summed E-state index contributed by atoms with van der Waals surface area (Å²) in [5.74, 6) is 0. The van der Waals surface area contributed by atoms with Crippen molar-refractivity contribution in [1.29, 1.82) is 0 Å². The molecule has 0 N–H and O–H groups in total. The van der Waals surface area contributed by atoms with Gasteiger partial charge in [-0.05, 0) is 42.3 Å². The number of pyridine rings is 2. The Labute approximate surface area is 93.4 Å². The average molecular weight is 209 g/mol. The fourth-order valence-corrected chi connectivity index (χ4v) is 1.82. The van der Waals surface area contributed by atoms with Gasteiger partial charge in [-0.15, -0.1) is 0 Å². The summed E-state index contributed by atoms with van der Waals surface area (Å²) in [5.41, 5.74) is 4.47. The summed E-state index contributed by atoms with van der Waals surface area (Å²) in [4.78, 5) is 8.33. The van der Waals surface area contributed by atoms with Crippen LogP contribution in [0.3, 0.4) is 0 Å². The maximum Gasteiger partial charge on any atom is 0.136 e. The van der Waals surface area contributed by atoms with Crippen LogP contribution in [0.2, 0.25) is 0 Å². The molecule has 3 heterocycles. The number of hydrogen-bond acceptors (Lipinski definition) is 2. The number of rotatable bonds is 1. The second kappa shape index (κ2) is 3.45. The van der Waals surface area contributed by atoms with E-state index in [-0.39, 0.29) is 0 Å². The third kappa shape index (κ3) is 1.37. The number of nitrogens with zero attached hydrogens (tertiary/aromatic N) is 3. The van der Waals surface area contributed by atoms with Gasteiger partial charge >= 0.3 is 0 Å². The highest BCUT2D eigenvalue weighted by molar-refractivity contribution is 5.64. The molecule has 0 saturated carbocycles. The summed E-state index contributed by atoms with van der Waals surface area (Å²) in [7, 11) is 0. The first-order chi connectivity index (χ1) is 7.84. The van der Waals surface area contributed by atoms with Crippen molar-refractivity contribution < 1.29 is 0 Å². The van der Waals surface area contributed by atoms with Crippen LogP contribution in [0.1, 0.15) is 5.69 Å². The molecule has 0 aromatic carbocycles. The maximum absolute atomic E-state index is 4.30. The Kier molecular flexibility index (Phi) is 1.96. The van der Waals surface area contributed by atoms with Crippen molar-refractivity contribution in [2.45, 2.75) is 6.92 Å². The zero-order valence-electron chi connectivity index (χ0n) is 8.96. The van der Waals surface area contributed by atoms with Gasteiger partial charge in [0.05, 0.1) is 0 Å². The maximum atomic E-state index is 4.30. The molecule has 78 valence electrons. The zero-order chi connectivity index (χ0) is 11.0. The molecular formula is C13H11N3. The van der Waals surface area contributed by atoms with Gasteiger partial charge in [0, 0.05) is 30.5 Å². The topological polar surface area (TPSA) is 30.2 Å². The average Bonchev–Trinajstić information content (AvgIpc) is 2.72. The predicted octanol–water partition coefficient (Wildman–Crippen LogP) is 2.70. The van der Waals surface area contributed by atoms with E-state index in [0.29, 0.717) is 0 Å².